The molecule has 1 fully saturated rings. The molecule has 0 spiro atoms. The Bertz CT molecular complexity index is 829. The van der Waals surface area contributed by atoms with Crippen LogP contribution in [0.3, 0.4) is 0 Å². The number of nitrogens with one attached hydrogen (secondary N) is 3. The minimum Gasteiger partial charge on any atom is -0.351 e. The molecule has 0 saturated carbocycles. The van der Waals surface area contributed by atoms with Gasteiger partial charge in [0.05, 0.1) is 12.6 Å². The van der Waals surface area contributed by atoms with Gasteiger partial charge in [0, 0.05) is 24.2 Å². The number of hydrogen-bond donors (Lipinski definition) is 3. The van der Waals surface area contributed by atoms with Gasteiger partial charge in [0.2, 0.25) is 5.91 Å². The predicted molar refractivity (Wildman–Crippen MR) is 101 cm³/mol. The molecule has 1 aliphatic rings. The molecule has 0 bridgehead atoms. The van der Waals surface area contributed by atoms with Crippen LogP contribution in [0, 0.1) is 5.82 Å². The van der Waals surface area contributed by atoms with Crippen molar-refractivity contribution in [2.24, 2.45) is 0 Å². The molecule has 9 heteroatoms. The van der Waals surface area contributed by atoms with E-state index in [0.717, 1.165) is 5.56 Å². The fourth-order valence-corrected chi connectivity index (χ4v) is 2.72. The maximum atomic E-state index is 13.1. The Labute approximate surface area is 166 Å². The highest BCUT2D eigenvalue weighted by molar-refractivity contribution is 6.04. The molecule has 0 aliphatic carbocycles. The van der Waals surface area contributed by atoms with Crippen molar-refractivity contribution in [1.82, 2.24) is 10.6 Å². The van der Waals surface area contributed by atoms with E-state index in [2.05, 4.69) is 16.0 Å². The molecular weight excluding hydrogens is 395 g/mol. The summed E-state index contributed by atoms with van der Waals surface area (Å²) in [5, 5.41) is 7.79. The molecule has 3 rings (SSSR count). The highest BCUT2D eigenvalue weighted by Crippen LogP contribution is 2.25. The van der Waals surface area contributed by atoms with Crippen molar-refractivity contribution in [2.75, 3.05) is 11.9 Å². The van der Waals surface area contributed by atoms with Crippen LogP contribution < -0.4 is 16.0 Å². The second-order valence-electron chi connectivity index (χ2n) is 6.37. The van der Waals surface area contributed by atoms with E-state index in [1.165, 1.54) is 24.3 Å². The van der Waals surface area contributed by atoms with Gasteiger partial charge >= 0.3 is 0 Å². The maximum Gasteiger partial charge on any atom is 0.262 e. The monoisotopic (exact) mass is 413 g/mol. The van der Waals surface area contributed by atoms with Crippen LogP contribution in [0.2, 0.25) is 0 Å². The Morgan fingerprint density at radius 1 is 1.07 bits per heavy atom. The van der Waals surface area contributed by atoms with Crippen molar-refractivity contribution in [3.05, 3.63) is 65.5 Å². The lowest BCUT2D eigenvalue weighted by atomic mass is 10.1. The van der Waals surface area contributed by atoms with Crippen LogP contribution in [-0.2, 0) is 11.3 Å². The molecule has 2 aromatic rings. The third-order valence-electron chi connectivity index (χ3n) is 4.21. The van der Waals surface area contributed by atoms with E-state index in [-0.39, 0.29) is 24.9 Å². The zero-order valence-electron chi connectivity index (χ0n) is 14.7. The van der Waals surface area contributed by atoms with E-state index in [1.54, 1.807) is 24.3 Å². The van der Waals surface area contributed by atoms with E-state index in [1.807, 2.05) is 0 Å². The van der Waals surface area contributed by atoms with Crippen molar-refractivity contribution in [2.45, 2.75) is 24.9 Å². The summed E-state index contributed by atoms with van der Waals surface area (Å²) in [4.78, 5) is 24.0. The summed E-state index contributed by atoms with van der Waals surface area (Å²) in [6.07, 6.45) is -0.507. The number of benzene rings is 2. The SMILES string of the molecule is Cl.O=C(Nc1ccc(CNC(=O)C2CC(F)(F)CN2)cc1)c1ccc(F)cc1. The normalized spacial score (nSPS) is 17.5. The van der Waals surface area contributed by atoms with E-state index in [0.29, 0.717) is 11.3 Å². The number of carbonyl (C=O) groups is 2. The highest BCUT2D eigenvalue weighted by Gasteiger charge is 2.42. The van der Waals surface area contributed by atoms with Crippen molar-refractivity contribution in [1.29, 1.82) is 0 Å². The third-order valence-corrected chi connectivity index (χ3v) is 4.21. The largest absolute Gasteiger partial charge is 0.351 e. The molecule has 5 nitrogen and oxygen atoms in total. The van der Waals surface area contributed by atoms with Crippen LogP contribution in [0.25, 0.3) is 0 Å². The zero-order valence-corrected chi connectivity index (χ0v) is 15.5. The van der Waals surface area contributed by atoms with Crippen molar-refractivity contribution >= 4 is 29.9 Å². The Balaban J connectivity index is 0.00000280. The molecule has 3 N–H and O–H groups in total. The Morgan fingerprint density at radius 2 is 1.71 bits per heavy atom. The van der Waals surface area contributed by atoms with E-state index >= 15 is 0 Å². The second-order valence-corrected chi connectivity index (χ2v) is 6.37. The predicted octanol–water partition coefficient (Wildman–Crippen LogP) is 3.11. The molecular formula is C19H19ClF3N3O2. The maximum absolute atomic E-state index is 13.1. The van der Waals surface area contributed by atoms with Gasteiger partial charge in [-0.1, -0.05) is 12.1 Å². The highest BCUT2D eigenvalue weighted by atomic mass is 35.5. The van der Waals surface area contributed by atoms with Crippen LogP contribution in [0.15, 0.2) is 48.5 Å². The summed E-state index contributed by atoms with van der Waals surface area (Å²) in [6, 6.07) is 11.0. The van der Waals surface area contributed by atoms with Gasteiger partial charge in [-0.05, 0) is 42.0 Å². The van der Waals surface area contributed by atoms with Crippen LogP contribution in [0.5, 0.6) is 0 Å². The summed E-state index contributed by atoms with van der Waals surface area (Å²) in [7, 11) is 0. The second kappa shape index (κ2) is 9.07. The standard InChI is InChI=1S/C19H18F3N3O2.ClH/c20-14-5-3-13(4-6-14)17(26)25-15-7-1-12(2-8-15)10-23-18(27)16-9-19(21,22)11-24-16;/h1-8,16,24H,9-11H2,(H,23,27)(H,25,26);1H. The fourth-order valence-electron chi connectivity index (χ4n) is 2.72. The van der Waals surface area contributed by atoms with Crippen molar-refractivity contribution in [3.63, 3.8) is 0 Å². The first-order valence-corrected chi connectivity index (χ1v) is 8.37. The van der Waals surface area contributed by atoms with Crippen LogP contribution >= 0.6 is 12.4 Å². The first-order valence-electron chi connectivity index (χ1n) is 8.37. The van der Waals surface area contributed by atoms with Gasteiger partial charge in [0.1, 0.15) is 5.82 Å². The lowest BCUT2D eigenvalue weighted by molar-refractivity contribution is -0.123. The van der Waals surface area contributed by atoms with Crippen LogP contribution in [0.1, 0.15) is 22.3 Å². The molecule has 0 radical (unpaired) electrons. The summed E-state index contributed by atoms with van der Waals surface area (Å²) in [5.74, 6) is -4.12. The van der Waals surface area contributed by atoms with E-state index < -0.39 is 36.7 Å². The molecule has 1 atom stereocenters. The lowest BCUT2D eigenvalue weighted by Crippen LogP contribution is -2.40. The smallest absolute Gasteiger partial charge is 0.262 e. The molecule has 1 unspecified atom stereocenters. The van der Waals surface area contributed by atoms with Crippen LogP contribution in [-0.4, -0.2) is 30.3 Å². The minimum atomic E-state index is -2.85. The van der Waals surface area contributed by atoms with Gasteiger partial charge in [0.15, 0.2) is 0 Å². The summed E-state index contributed by atoms with van der Waals surface area (Å²) in [5.41, 5.74) is 1.62. The topological polar surface area (TPSA) is 70.2 Å². The fraction of sp³-hybridized carbons (Fsp3) is 0.263. The van der Waals surface area contributed by atoms with Crippen molar-refractivity contribution in [3.8, 4) is 0 Å². The number of anilines is 1. The Hall–Kier alpha value is -2.58. The molecule has 1 heterocycles. The lowest BCUT2D eigenvalue weighted by Gasteiger charge is -2.12. The molecule has 1 aliphatic heterocycles. The summed E-state index contributed by atoms with van der Waals surface area (Å²) < 4.78 is 39.1. The first-order chi connectivity index (χ1) is 12.8. The van der Waals surface area contributed by atoms with Gasteiger partial charge in [-0.3, -0.25) is 14.9 Å². The van der Waals surface area contributed by atoms with Gasteiger partial charge in [-0.25, -0.2) is 13.2 Å². The first kappa shape index (κ1) is 21.7. The molecule has 2 aromatic carbocycles. The molecule has 150 valence electrons. The quantitative estimate of drug-likeness (QED) is 0.705. The number of amides is 2. The van der Waals surface area contributed by atoms with E-state index in [9.17, 15) is 22.8 Å². The summed E-state index contributed by atoms with van der Waals surface area (Å²) in [6.45, 7) is -0.303. The molecule has 28 heavy (non-hydrogen) atoms. The Kier molecular flexibility index (Phi) is 7.04. The average molecular weight is 414 g/mol. The number of hydrogen-bond acceptors (Lipinski definition) is 3. The summed E-state index contributed by atoms with van der Waals surface area (Å²) >= 11 is 0. The zero-order chi connectivity index (χ0) is 19.4. The number of carbonyl (C=O) groups excluding carboxylic acids is 2. The molecule has 2 amide bonds. The Morgan fingerprint density at radius 3 is 2.29 bits per heavy atom. The molecule has 0 aromatic heterocycles. The van der Waals surface area contributed by atoms with Crippen molar-refractivity contribution < 1.29 is 22.8 Å². The van der Waals surface area contributed by atoms with Crippen LogP contribution in [0.4, 0.5) is 18.9 Å². The van der Waals surface area contributed by atoms with Gasteiger partial charge in [-0.2, -0.15) is 0 Å². The number of halogens is 4. The van der Waals surface area contributed by atoms with Gasteiger partial charge in [-0.15, -0.1) is 12.4 Å². The third kappa shape index (κ3) is 5.71. The van der Waals surface area contributed by atoms with Gasteiger partial charge < -0.3 is 10.6 Å². The molecule has 1 saturated heterocycles. The number of rotatable bonds is 5. The average Bonchev–Trinajstić information content (AvgIpc) is 3.01. The van der Waals surface area contributed by atoms with Gasteiger partial charge in [0.25, 0.3) is 11.8 Å². The minimum absolute atomic E-state index is 0. The van der Waals surface area contributed by atoms with E-state index in [4.69, 9.17) is 0 Å². The number of alkyl halides is 2.